The first-order valence-corrected chi connectivity index (χ1v) is 5.87. The lowest BCUT2D eigenvalue weighted by Crippen LogP contribution is -2.29. The Bertz CT molecular complexity index is 519. The fourth-order valence-corrected chi connectivity index (χ4v) is 2.24. The van der Waals surface area contributed by atoms with Gasteiger partial charge in [-0.15, -0.1) is 5.10 Å². The fraction of sp³-hybridized carbons (Fsp3) is 0.417. The minimum absolute atomic E-state index is 0.393. The van der Waals surface area contributed by atoms with Crippen LogP contribution in [0.25, 0.3) is 11.4 Å². The van der Waals surface area contributed by atoms with E-state index in [0.717, 1.165) is 23.8 Å². The van der Waals surface area contributed by atoms with E-state index in [1.165, 1.54) is 0 Å². The van der Waals surface area contributed by atoms with E-state index in [9.17, 15) is 0 Å². The Balaban J connectivity index is 2.03. The molecule has 0 aliphatic carbocycles. The first-order chi connectivity index (χ1) is 8.24. The van der Waals surface area contributed by atoms with Crippen LogP contribution in [0.15, 0.2) is 24.5 Å². The Hall–Kier alpha value is -1.91. The van der Waals surface area contributed by atoms with Crippen molar-refractivity contribution in [3.8, 4) is 11.4 Å². The van der Waals surface area contributed by atoms with Crippen molar-refractivity contribution in [1.29, 1.82) is 0 Å². The fourth-order valence-electron chi connectivity index (χ4n) is 2.24. The number of pyridine rings is 1. The van der Waals surface area contributed by atoms with Gasteiger partial charge < -0.3 is 5.32 Å². The highest BCUT2D eigenvalue weighted by Gasteiger charge is 2.23. The second kappa shape index (κ2) is 3.84. The van der Waals surface area contributed by atoms with E-state index in [0.29, 0.717) is 12.1 Å². The highest BCUT2D eigenvalue weighted by molar-refractivity contribution is 5.55. The summed E-state index contributed by atoms with van der Waals surface area (Å²) in [6.07, 6.45) is 4.59. The molecule has 5 heteroatoms. The SMILES string of the molecule is CC1CC(C)n2nc(-c3ccncc3)nc2N1. The molecule has 1 N–H and O–H groups in total. The maximum atomic E-state index is 4.55. The quantitative estimate of drug-likeness (QED) is 0.813. The Morgan fingerprint density at radius 3 is 2.82 bits per heavy atom. The first kappa shape index (κ1) is 10.3. The van der Waals surface area contributed by atoms with Crippen LogP contribution in [0.1, 0.15) is 26.3 Å². The molecule has 0 saturated carbocycles. The predicted molar refractivity (Wildman–Crippen MR) is 65.7 cm³/mol. The zero-order chi connectivity index (χ0) is 11.8. The van der Waals surface area contributed by atoms with E-state index in [-0.39, 0.29) is 0 Å². The van der Waals surface area contributed by atoms with E-state index in [1.807, 2.05) is 16.8 Å². The standard InChI is InChI=1S/C12H15N5/c1-8-7-9(2)17-12(14-8)15-11(16-17)10-3-5-13-6-4-10/h3-6,8-9H,7H2,1-2H3,(H,14,15,16). The summed E-state index contributed by atoms with van der Waals surface area (Å²) in [7, 11) is 0. The van der Waals surface area contributed by atoms with Crippen molar-refractivity contribution < 1.29 is 0 Å². The Kier molecular flexibility index (Phi) is 2.31. The number of anilines is 1. The monoisotopic (exact) mass is 229 g/mol. The van der Waals surface area contributed by atoms with Crippen LogP contribution < -0.4 is 5.32 Å². The lowest BCUT2D eigenvalue weighted by molar-refractivity contribution is 0.412. The number of hydrogen-bond donors (Lipinski definition) is 1. The number of nitrogens with zero attached hydrogens (tertiary/aromatic N) is 4. The number of hydrogen-bond acceptors (Lipinski definition) is 4. The molecule has 2 unspecified atom stereocenters. The molecule has 0 bridgehead atoms. The van der Waals surface area contributed by atoms with Crippen molar-refractivity contribution in [3.05, 3.63) is 24.5 Å². The van der Waals surface area contributed by atoms with Gasteiger partial charge in [0.1, 0.15) is 0 Å². The zero-order valence-electron chi connectivity index (χ0n) is 9.96. The van der Waals surface area contributed by atoms with Gasteiger partial charge in [0, 0.05) is 24.0 Å². The predicted octanol–water partition coefficient (Wildman–Crippen LogP) is 2.11. The molecule has 1 aliphatic heterocycles. The van der Waals surface area contributed by atoms with Crippen LogP contribution in [-0.4, -0.2) is 25.8 Å². The third-order valence-corrected chi connectivity index (χ3v) is 3.06. The molecule has 0 amide bonds. The van der Waals surface area contributed by atoms with Gasteiger partial charge in [0.25, 0.3) is 0 Å². The van der Waals surface area contributed by atoms with Gasteiger partial charge in [-0.2, -0.15) is 4.98 Å². The van der Waals surface area contributed by atoms with E-state index in [4.69, 9.17) is 0 Å². The minimum atomic E-state index is 0.393. The van der Waals surface area contributed by atoms with E-state index in [1.54, 1.807) is 12.4 Å². The molecule has 1 aliphatic rings. The number of rotatable bonds is 1. The van der Waals surface area contributed by atoms with Crippen molar-refractivity contribution in [2.45, 2.75) is 32.4 Å². The average Bonchev–Trinajstić information content (AvgIpc) is 2.74. The van der Waals surface area contributed by atoms with Crippen molar-refractivity contribution in [2.24, 2.45) is 0 Å². The van der Waals surface area contributed by atoms with Gasteiger partial charge in [-0.25, -0.2) is 4.68 Å². The van der Waals surface area contributed by atoms with Gasteiger partial charge >= 0.3 is 0 Å². The highest BCUT2D eigenvalue weighted by Crippen LogP contribution is 2.27. The summed E-state index contributed by atoms with van der Waals surface area (Å²) in [5, 5.41) is 7.91. The Labute approximate surface area is 99.9 Å². The van der Waals surface area contributed by atoms with E-state index < -0.39 is 0 Å². The number of aromatic nitrogens is 4. The summed E-state index contributed by atoms with van der Waals surface area (Å²) in [4.78, 5) is 8.54. The van der Waals surface area contributed by atoms with Crippen LogP contribution in [0.2, 0.25) is 0 Å². The van der Waals surface area contributed by atoms with Crippen LogP contribution in [0.5, 0.6) is 0 Å². The lowest BCUT2D eigenvalue weighted by Gasteiger charge is -2.26. The van der Waals surface area contributed by atoms with E-state index in [2.05, 4.69) is 34.2 Å². The van der Waals surface area contributed by atoms with Crippen molar-refractivity contribution >= 4 is 5.95 Å². The lowest BCUT2D eigenvalue weighted by atomic mass is 10.1. The summed E-state index contributed by atoms with van der Waals surface area (Å²) >= 11 is 0. The molecular formula is C12H15N5. The van der Waals surface area contributed by atoms with Gasteiger partial charge in [0.05, 0.1) is 6.04 Å². The van der Waals surface area contributed by atoms with Gasteiger partial charge in [0.2, 0.25) is 5.95 Å². The van der Waals surface area contributed by atoms with E-state index >= 15 is 0 Å². The van der Waals surface area contributed by atoms with Gasteiger partial charge in [-0.3, -0.25) is 4.98 Å². The average molecular weight is 229 g/mol. The van der Waals surface area contributed by atoms with Crippen molar-refractivity contribution in [2.75, 3.05) is 5.32 Å². The Morgan fingerprint density at radius 1 is 1.29 bits per heavy atom. The van der Waals surface area contributed by atoms with Crippen molar-refractivity contribution in [1.82, 2.24) is 19.7 Å². The first-order valence-electron chi connectivity index (χ1n) is 5.87. The van der Waals surface area contributed by atoms with Crippen molar-refractivity contribution in [3.63, 3.8) is 0 Å². The normalized spacial score (nSPS) is 22.9. The van der Waals surface area contributed by atoms with Gasteiger partial charge in [-0.05, 0) is 32.4 Å². The maximum Gasteiger partial charge on any atom is 0.222 e. The van der Waals surface area contributed by atoms with Crippen LogP contribution in [0, 0.1) is 0 Å². The molecule has 3 rings (SSSR count). The summed E-state index contributed by atoms with van der Waals surface area (Å²) in [6, 6.07) is 4.70. The molecular weight excluding hydrogens is 214 g/mol. The molecule has 17 heavy (non-hydrogen) atoms. The molecule has 5 nitrogen and oxygen atoms in total. The van der Waals surface area contributed by atoms with Gasteiger partial charge in [-0.1, -0.05) is 0 Å². The third-order valence-electron chi connectivity index (χ3n) is 3.06. The second-order valence-electron chi connectivity index (χ2n) is 4.57. The van der Waals surface area contributed by atoms with Crippen LogP contribution >= 0.6 is 0 Å². The number of nitrogens with one attached hydrogen (secondary N) is 1. The molecule has 0 saturated heterocycles. The van der Waals surface area contributed by atoms with Gasteiger partial charge in [0.15, 0.2) is 5.82 Å². The van der Waals surface area contributed by atoms with Crippen LogP contribution in [0.4, 0.5) is 5.95 Å². The second-order valence-corrected chi connectivity index (χ2v) is 4.57. The maximum absolute atomic E-state index is 4.55. The molecule has 0 aromatic carbocycles. The molecule has 3 heterocycles. The summed E-state index contributed by atoms with van der Waals surface area (Å²) in [6.45, 7) is 4.34. The molecule has 0 radical (unpaired) electrons. The van der Waals surface area contributed by atoms with Crippen LogP contribution in [-0.2, 0) is 0 Å². The summed E-state index contributed by atoms with van der Waals surface area (Å²) < 4.78 is 1.97. The molecule has 2 aromatic heterocycles. The zero-order valence-corrected chi connectivity index (χ0v) is 9.96. The van der Waals surface area contributed by atoms with Crippen LogP contribution in [0.3, 0.4) is 0 Å². The molecule has 0 fully saturated rings. The molecule has 2 aromatic rings. The molecule has 2 atom stereocenters. The highest BCUT2D eigenvalue weighted by atomic mass is 15.4. The molecule has 0 spiro atoms. The number of fused-ring (bicyclic) bond motifs is 1. The molecule has 88 valence electrons. The smallest absolute Gasteiger partial charge is 0.222 e. The Morgan fingerprint density at radius 2 is 2.06 bits per heavy atom. The largest absolute Gasteiger partial charge is 0.352 e. The summed E-state index contributed by atoms with van der Waals surface area (Å²) in [5.74, 6) is 1.62. The third kappa shape index (κ3) is 1.77. The summed E-state index contributed by atoms with van der Waals surface area (Å²) in [5.41, 5.74) is 1.00. The topological polar surface area (TPSA) is 55.6 Å². The minimum Gasteiger partial charge on any atom is -0.352 e.